The van der Waals surface area contributed by atoms with E-state index in [0.29, 0.717) is 12.5 Å². The Labute approximate surface area is 156 Å². The van der Waals surface area contributed by atoms with Crippen LogP contribution in [-0.4, -0.2) is 46.7 Å². The maximum Gasteiger partial charge on any atom is 0.319 e. The van der Waals surface area contributed by atoms with E-state index in [0.717, 1.165) is 43.3 Å². The highest BCUT2D eigenvalue weighted by Crippen LogP contribution is 2.16. The summed E-state index contributed by atoms with van der Waals surface area (Å²) in [5, 5.41) is 5.83. The summed E-state index contributed by atoms with van der Waals surface area (Å²) < 4.78 is 2.15. The molecule has 142 valence electrons. The summed E-state index contributed by atoms with van der Waals surface area (Å²) in [4.78, 5) is 18.8. The molecular weight excluding hydrogens is 326 g/mol. The third kappa shape index (κ3) is 5.88. The summed E-state index contributed by atoms with van der Waals surface area (Å²) in [7, 11) is 0. The average Bonchev–Trinajstić information content (AvgIpc) is 3.07. The molecule has 0 aliphatic carbocycles. The first-order valence-electron chi connectivity index (χ1n) is 9.40. The standard InChI is InChI=1S/C20H31N5O/c1-5-24(6-2)12-10-22-20(26)23-18-9-7-8-17(14-18)15-25-13-11-21-19(25)16(3)4/h7-9,11,13-14,16H,5-6,10,12,15H2,1-4H3,(H2,22,23,26). The van der Waals surface area contributed by atoms with Gasteiger partial charge in [0.2, 0.25) is 0 Å². The summed E-state index contributed by atoms with van der Waals surface area (Å²) in [6.45, 7) is 12.8. The fourth-order valence-corrected chi connectivity index (χ4v) is 2.94. The van der Waals surface area contributed by atoms with Crippen molar-refractivity contribution in [2.24, 2.45) is 0 Å². The first-order valence-corrected chi connectivity index (χ1v) is 9.40. The highest BCUT2D eigenvalue weighted by Gasteiger charge is 2.08. The maximum absolute atomic E-state index is 12.1. The van der Waals surface area contributed by atoms with Crippen molar-refractivity contribution < 1.29 is 4.79 Å². The molecule has 2 rings (SSSR count). The zero-order valence-corrected chi connectivity index (χ0v) is 16.3. The van der Waals surface area contributed by atoms with Gasteiger partial charge in [-0.2, -0.15) is 0 Å². The largest absolute Gasteiger partial charge is 0.337 e. The molecule has 2 N–H and O–H groups in total. The smallest absolute Gasteiger partial charge is 0.319 e. The van der Waals surface area contributed by atoms with Crippen molar-refractivity contribution in [3.8, 4) is 0 Å². The molecule has 1 heterocycles. The SMILES string of the molecule is CCN(CC)CCNC(=O)Nc1cccc(Cn2ccnc2C(C)C)c1. The minimum absolute atomic E-state index is 0.167. The monoisotopic (exact) mass is 357 g/mol. The Kier molecular flexibility index (Phi) is 7.66. The third-order valence-electron chi connectivity index (χ3n) is 4.41. The van der Waals surface area contributed by atoms with Crippen LogP contribution in [0.25, 0.3) is 0 Å². The van der Waals surface area contributed by atoms with Gasteiger partial charge in [0, 0.05) is 43.6 Å². The van der Waals surface area contributed by atoms with Crippen molar-refractivity contribution in [1.29, 1.82) is 0 Å². The van der Waals surface area contributed by atoms with Crippen LogP contribution in [0.4, 0.5) is 10.5 Å². The molecule has 0 aliphatic rings. The highest BCUT2D eigenvalue weighted by molar-refractivity contribution is 5.89. The highest BCUT2D eigenvalue weighted by atomic mass is 16.2. The Morgan fingerprint density at radius 3 is 2.73 bits per heavy atom. The number of benzene rings is 1. The van der Waals surface area contributed by atoms with Crippen molar-refractivity contribution in [3.05, 3.63) is 48.0 Å². The summed E-state index contributed by atoms with van der Waals surface area (Å²) in [6, 6.07) is 7.78. The number of imidazole rings is 1. The number of amides is 2. The van der Waals surface area contributed by atoms with Crippen LogP contribution in [0.15, 0.2) is 36.7 Å². The van der Waals surface area contributed by atoms with Crippen LogP contribution >= 0.6 is 0 Å². The molecule has 0 saturated carbocycles. The van der Waals surface area contributed by atoms with Gasteiger partial charge in [-0.3, -0.25) is 0 Å². The van der Waals surface area contributed by atoms with Gasteiger partial charge in [0.15, 0.2) is 0 Å². The molecule has 0 bridgehead atoms. The van der Waals surface area contributed by atoms with Gasteiger partial charge in [-0.25, -0.2) is 9.78 Å². The van der Waals surface area contributed by atoms with Gasteiger partial charge in [0.05, 0.1) is 0 Å². The van der Waals surface area contributed by atoms with Gasteiger partial charge in [-0.1, -0.05) is 39.8 Å². The van der Waals surface area contributed by atoms with Crippen LogP contribution in [0.1, 0.15) is 45.0 Å². The zero-order chi connectivity index (χ0) is 18.9. The number of aromatic nitrogens is 2. The molecule has 26 heavy (non-hydrogen) atoms. The van der Waals surface area contributed by atoms with Gasteiger partial charge in [-0.15, -0.1) is 0 Å². The number of rotatable bonds is 9. The van der Waals surface area contributed by atoms with Crippen LogP contribution in [0.5, 0.6) is 0 Å². The van der Waals surface area contributed by atoms with E-state index in [1.54, 1.807) is 0 Å². The van der Waals surface area contributed by atoms with Crippen molar-refractivity contribution in [2.45, 2.75) is 40.2 Å². The minimum atomic E-state index is -0.167. The fraction of sp³-hybridized carbons (Fsp3) is 0.500. The first kappa shape index (κ1) is 20.0. The van der Waals surface area contributed by atoms with E-state index in [1.807, 2.05) is 30.6 Å². The fourth-order valence-electron chi connectivity index (χ4n) is 2.94. The molecule has 0 unspecified atom stereocenters. The van der Waals surface area contributed by atoms with Crippen LogP contribution in [-0.2, 0) is 6.54 Å². The molecule has 1 aromatic carbocycles. The number of urea groups is 1. The van der Waals surface area contributed by atoms with Crippen molar-refractivity contribution in [2.75, 3.05) is 31.5 Å². The van der Waals surface area contributed by atoms with Gasteiger partial charge in [0.1, 0.15) is 5.82 Å². The molecule has 1 aromatic heterocycles. The van der Waals surface area contributed by atoms with E-state index in [1.165, 1.54) is 0 Å². The number of nitrogens with zero attached hydrogens (tertiary/aromatic N) is 3. The molecule has 2 aromatic rings. The quantitative estimate of drug-likeness (QED) is 0.722. The van der Waals surface area contributed by atoms with Crippen molar-refractivity contribution in [1.82, 2.24) is 19.8 Å². The van der Waals surface area contributed by atoms with Crippen LogP contribution < -0.4 is 10.6 Å². The Balaban J connectivity index is 1.90. The van der Waals surface area contributed by atoms with Crippen LogP contribution in [0.2, 0.25) is 0 Å². The first-order chi connectivity index (χ1) is 12.5. The number of nitrogens with one attached hydrogen (secondary N) is 2. The minimum Gasteiger partial charge on any atom is -0.337 e. The Hall–Kier alpha value is -2.34. The van der Waals surface area contributed by atoms with Crippen LogP contribution in [0, 0.1) is 0 Å². The van der Waals surface area contributed by atoms with Gasteiger partial charge < -0.3 is 20.1 Å². The number of carbonyl (C=O) groups excluding carboxylic acids is 1. The van der Waals surface area contributed by atoms with E-state index in [2.05, 4.69) is 58.8 Å². The molecule has 6 heteroatoms. The van der Waals surface area contributed by atoms with E-state index in [9.17, 15) is 4.79 Å². The lowest BCUT2D eigenvalue weighted by atomic mass is 10.1. The molecule has 0 fully saturated rings. The number of carbonyl (C=O) groups is 1. The second-order valence-corrected chi connectivity index (χ2v) is 6.68. The summed E-state index contributed by atoms with van der Waals surface area (Å²) >= 11 is 0. The lowest BCUT2D eigenvalue weighted by Gasteiger charge is -2.18. The summed E-state index contributed by atoms with van der Waals surface area (Å²) in [6.07, 6.45) is 3.83. The number of anilines is 1. The summed E-state index contributed by atoms with van der Waals surface area (Å²) in [5.41, 5.74) is 1.93. The normalized spacial score (nSPS) is 11.2. The third-order valence-corrected chi connectivity index (χ3v) is 4.41. The van der Waals surface area contributed by atoms with Gasteiger partial charge >= 0.3 is 6.03 Å². The van der Waals surface area contributed by atoms with Gasteiger partial charge in [0.25, 0.3) is 0 Å². The zero-order valence-electron chi connectivity index (χ0n) is 16.3. The predicted octanol–water partition coefficient (Wildman–Crippen LogP) is 3.52. The molecule has 0 aliphatic heterocycles. The number of hydrogen-bond donors (Lipinski definition) is 2. The molecular formula is C20H31N5O. The Morgan fingerprint density at radius 2 is 2.04 bits per heavy atom. The molecule has 2 amide bonds. The second kappa shape index (κ2) is 9.97. The topological polar surface area (TPSA) is 62.2 Å². The molecule has 0 atom stereocenters. The van der Waals surface area contributed by atoms with E-state index < -0.39 is 0 Å². The Bertz CT molecular complexity index is 691. The van der Waals surface area contributed by atoms with E-state index in [-0.39, 0.29) is 6.03 Å². The van der Waals surface area contributed by atoms with Crippen LogP contribution in [0.3, 0.4) is 0 Å². The molecule has 6 nitrogen and oxygen atoms in total. The van der Waals surface area contributed by atoms with Crippen molar-refractivity contribution in [3.63, 3.8) is 0 Å². The molecule has 0 spiro atoms. The number of hydrogen-bond acceptors (Lipinski definition) is 3. The van der Waals surface area contributed by atoms with E-state index in [4.69, 9.17) is 0 Å². The summed E-state index contributed by atoms with van der Waals surface area (Å²) in [5.74, 6) is 1.44. The lowest BCUT2D eigenvalue weighted by molar-refractivity contribution is 0.248. The lowest BCUT2D eigenvalue weighted by Crippen LogP contribution is -2.36. The second-order valence-electron chi connectivity index (χ2n) is 6.68. The maximum atomic E-state index is 12.1. The van der Waals surface area contributed by atoms with E-state index >= 15 is 0 Å². The molecule has 0 radical (unpaired) electrons. The predicted molar refractivity (Wildman–Crippen MR) is 107 cm³/mol. The van der Waals surface area contributed by atoms with Gasteiger partial charge in [-0.05, 0) is 30.8 Å². The number of likely N-dealkylation sites (N-methyl/N-ethyl adjacent to an activating group) is 1. The molecule has 0 saturated heterocycles. The Morgan fingerprint density at radius 1 is 1.27 bits per heavy atom. The van der Waals surface area contributed by atoms with Crippen molar-refractivity contribution >= 4 is 11.7 Å². The average molecular weight is 358 g/mol.